The van der Waals surface area contributed by atoms with Gasteiger partial charge in [0.2, 0.25) is 5.91 Å². The van der Waals surface area contributed by atoms with Gasteiger partial charge in [-0.25, -0.2) is 4.98 Å². The summed E-state index contributed by atoms with van der Waals surface area (Å²) in [6, 6.07) is 2.15. The maximum Gasteiger partial charge on any atom is 0.237 e. The zero-order valence-electron chi connectivity index (χ0n) is 12.8. The lowest BCUT2D eigenvalue weighted by Crippen LogP contribution is -2.46. The van der Waals surface area contributed by atoms with Crippen LogP contribution >= 0.6 is 22.7 Å². The first kappa shape index (κ1) is 15.3. The molecule has 1 atom stereocenters. The molecule has 0 bridgehead atoms. The van der Waals surface area contributed by atoms with E-state index in [9.17, 15) is 4.79 Å². The van der Waals surface area contributed by atoms with Crippen molar-refractivity contribution in [3.05, 3.63) is 38.5 Å². The van der Waals surface area contributed by atoms with Crippen molar-refractivity contribution < 1.29 is 9.53 Å². The van der Waals surface area contributed by atoms with E-state index in [1.54, 1.807) is 28.9 Å². The Morgan fingerprint density at radius 1 is 1.35 bits per heavy atom. The van der Waals surface area contributed by atoms with Crippen LogP contribution in [0, 0.1) is 0 Å². The smallest absolute Gasteiger partial charge is 0.237 e. The van der Waals surface area contributed by atoms with E-state index in [1.807, 2.05) is 10.3 Å². The lowest BCUT2D eigenvalue weighted by Gasteiger charge is -2.34. The van der Waals surface area contributed by atoms with Gasteiger partial charge in [-0.1, -0.05) is 0 Å². The Kier molecular flexibility index (Phi) is 4.43. The van der Waals surface area contributed by atoms with E-state index in [4.69, 9.17) is 4.74 Å². The van der Waals surface area contributed by atoms with Crippen LogP contribution in [0.5, 0.6) is 0 Å². The summed E-state index contributed by atoms with van der Waals surface area (Å²) in [5.41, 5.74) is 1.32. The molecule has 7 heteroatoms. The molecule has 1 fully saturated rings. The molecule has 1 saturated heterocycles. The number of thiophene rings is 1. The number of hydrogen-bond acceptors (Lipinski definition) is 6. The molecule has 1 amide bonds. The molecule has 0 radical (unpaired) electrons. The third-order valence-electron chi connectivity index (χ3n) is 4.40. The lowest BCUT2D eigenvalue weighted by molar-refractivity contribution is -0.135. The summed E-state index contributed by atoms with van der Waals surface area (Å²) < 4.78 is 5.80. The summed E-state index contributed by atoms with van der Waals surface area (Å²) in [6.45, 7) is 4.30. The number of nitrogens with zero attached hydrogens (tertiary/aromatic N) is 3. The van der Waals surface area contributed by atoms with Crippen LogP contribution in [0.25, 0.3) is 0 Å². The van der Waals surface area contributed by atoms with Crippen LogP contribution in [-0.4, -0.2) is 53.5 Å². The monoisotopic (exact) mass is 349 g/mol. The second-order valence-electron chi connectivity index (χ2n) is 5.90. The van der Waals surface area contributed by atoms with E-state index in [0.717, 1.165) is 37.6 Å². The third-order valence-corrected chi connectivity index (χ3v) is 6.29. The quantitative estimate of drug-likeness (QED) is 0.852. The minimum atomic E-state index is 0.00128. The number of carbonyl (C=O) groups excluding carboxylic acids is 1. The second-order valence-corrected chi connectivity index (χ2v) is 7.83. The normalized spacial score (nSPS) is 22.1. The fraction of sp³-hybridized carbons (Fsp3) is 0.500. The molecule has 0 saturated carbocycles. The Morgan fingerprint density at radius 3 is 3.17 bits per heavy atom. The van der Waals surface area contributed by atoms with Crippen molar-refractivity contribution >= 4 is 28.6 Å². The summed E-state index contributed by atoms with van der Waals surface area (Å²) in [7, 11) is 0. The van der Waals surface area contributed by atoms with Gasteiger partial charge in [-0.2, -0.15) is 0 Å². The van der Waals surface area contributed by atoms with Crippen LogP contribution < -0.4 is 0 Å². The molecule has 122 valence electrons. The molecule has 4 rings (SSSR count). The summed E-state index contributed by atoms with van der Waals surface area (Å²) in [5.74, 6) is 0.224. The number of fused-ring (bicyclic) bond motifs is 1. The van der Waals surface area contributed by atoms with Crippen LogP contribution in [0.1, 0.15) is 21.6 Å². The molecule has 23 heavy (non-hydrogen) atoms. The molecule has 0 spiro atoms. The Morgan fingerprint density at radius 2 is 2.30 bits per heavy atom. The number of rotatable bonds is 3. The molecule has 1 unspecified atom stereocenters. The molecule has 0 aromatic carbocycles. The first-order chi connectivity index (χ1) is 11.3. The van der Waals surface area contributed by atoms with Crippen molar-refractivity contribution in [2.45, 2.75) is 19.1 Å². The van der Waals surface area contributed by atoms with Gasteiger partial charge in [0, 0.05) is 42.6 Å². The largest absolute Gasteiger partial charge is 0.368 e. The average Bonchev–Trinajstić information content (AvgIpc) is 3.26. The summed E-state index contributed by atoms with van der Waals surface area (Å²) in [5, 5.41) is 5.09. The zero-order valence-corrected chi connectivity index (χ0v) is 14.4. The number of morpholine rings is 1. The SMILES string of the molecule is O=C(CN1CCOC(c2nccs2)C1)N1CCc2sccc2C1. The van der Waals surface area contributed by atoms with Gasteiger partial charge in [-0.3, -0.25) is 9.69 Å². The molecule has 0 N–H and O–H groups in total. The Bertz CT molecular complexity index is 671. The lowest BCUT2D eigenvalue weighted by atomic mass is 10.1. The predicted octanol–water partition coefficient (Wildman–Crippen LogP) is 2.16. The fourth-order valence-electron chi connectivity index (χ4n) is 3.14. The first-order valence-electron chi connectivity index (χ1n) is 7.86. The number of thiazole rings is 1. The van der Waals surface area contributed by atoms with Gasteiger partial charge < -0.3 is 9.64 Å². The highest BCUT2D eigenvalue weighted by atomic mass is 32.1. The fourth-order valence-corrected chi connectivity index (χ4v) is 4.71. The van der Waals surface area contributed by atoms with Crippen LogP contribution in [0.4, 0.5) is 0 Å². The van der Waals surface area contributed by atoms with Gasteiger partial charge >= 0.3 is 0 Å². The van der Waals surface area contributed by atoms with E-state index >= 15 is 0 Å². The Labute approximate surface area is 143 Å². The van der Waals surface area contributed by atoms with Gasteiger partial charge in [0.15, 0.2) is 0 Å². The minimum Gasteiger partial charge on any atom is -0.368 e. The van der Waals surface area contributed by atoms with Crippen molar-refractivity contribution in [1.29, 1.82) is 0 Å². The molecule has 5 nitrogen and oxygen atoms in total. The first-order valence-corrected chi connectivity index (χ1v) is 9.62. The van der Waals surface area contributed by atoms with Crippen molar-refractivity contribution in [3.8, 4) is 0 Å². The van der Waals surface area contributed by atoms with Gasteiger partial charge in [-0.15, -0.1) is 22.7 Å². The van der Waals surface area contributed by atoms with E-state index in [1.165, 1.54) is 10.4 Å². The van der Waals surface area contributed by atoms with Gasteiger partial charge in [0.05, 0.1) is 13.2 Å². The van der Waals surface area contributed by atoms with Crippen molar-refractivity contribution in [1.82, 2.24) is 14.8 Å². The summed E-state index contributed by atoms with van der Waals surface area (Å²) >= 11 is 3.42. The van der Waals surface area contributed by atoms with Crippen molar-refractivity contribution in [3.63, 3.8) is 0 Å². The summed E-state index contributed by atoms with van der Waals surface area (Å²) in [6.07, 6.45) is 2.80. The van der Waals surface area contributed by atoms with Crippen LogP contribution in [0.15, 0.2) is 23.0 Å². The van der Waals surface area contributed by atoms with E-state index < -0.39 is 0 Å². The minimum absolute atomic E-state index is 0.00128. The van der Waals surface area contributed by atoms with Crippen LogP contribution in [0.2, 0.25) is 0 Å². The molecule has 4 heterocycles. The van der Waals surface area contributed by atoms with Gasteiger partial charge in [-0.05, 0) is 23.4 Å². The van der Waals surface area contributed by atoms with Crippen LogP contribution in [0.3, 0.4) is 0 Å². The Hall–Kier alpha value is -1.28. The molecule has 2 aliphatic heterocycles. The highest BCUT2D eigenvalue weighted by molar-refractivity contribution is 7.10. The van der Waals surface area contributed by atoms with Crippen LogP contribution in [-0.2, 0) is 22.5 Å². The second kappa shape index (κ2) is 6.68. The van der Waals surface area contributed by atoms with Crippen molar-refractivity contribution in [2.24, 2.45) is 0 Å². The van der Waals surface area contributed by atoms with Gasteiger partial charge in [0.1, 0.15) is 11.1 Å². The maximum absolute atomic E-state index is 12.6. The number of aromatic nitrogens is 1. The molecule has 2 aromatic heterocycles. The molecule has 2 aromatic rings. The highest BCUT2D eigenvalue weighted by Gasteiger charge is 2.28. The molecular weight excluding hydrogens is 330 g/mol. The number of amides is 1. The van der Waals surface area contributed by atoms with E-state index in [2.05, 4.69) is 21.3 Å². The standard InChI is InChI=1S/C16H19N3O2S2/c20-15(19-4-1-14-12(9-19)2-7-22-14)11-18-5-6-21-13(10-18)16-17-3-8-23-16/h2-3,7-8,13H,1,4-6,9-11H2. The Balaban J connectivity index is 1.35. The molecular formula is C16H19N3O2S2. The summed E-state index contributed by atoms with van der Waals surface area (Å²) in [4.78, 5) is 22.6. The topological polar surface area (TPSA) is 45.7 Å². The molecule has 0 aliphatic carbocycles. The van der Waals surface area contributed by atoms with Gasteiger partial charge in [0.25, 0.3) is 0 Å². The van der Waals surface area contributed by atoms with Crippen molar-refractivity contribution in [2.75, 3.05) is 32.8 Å². The number of ether oxygens (including phenoxy) is 1. The third kappa shape index (κ3) is 3.33. The number of hydrogen-bond donors (Lipinski definition) is 0. The average molecular weight is 349 g/mol. The zero-order chi connectivity index (χ0) is 15.6. The van der Waals surface area contributed by atoms with E-state index in [-0.39, 0.29) is 12.0 Å². The maximum atomic E-state index is 12.6. The predicted molar refractivity (Wildman–Crippen MR) is 90.7 cm³/mol. The molecule has 2 aliphatic rings. The highest BCUT2D eigenvalue weighted by Crippen LogP contribution is 2.26. The van der Waals surface area contributed by atoms with E-state index in [0.29, 0.717) is 13.2 Å². The number of carbonyl (C=O) groups is 1.